The number of carbonyl (C=O) groups excluding carboxylic acids is 2. The van der Waals surface area contributed by atoms with Gasteiger partial charge in [0.05, 0.1) is 6.54 Å². The summed E-state index contributed by atoms with van der Waals surface area (Å²) in [5.41, 5.74) is 4.65. The molecular weight excluding hydrogens is 378 g/mol. The quantitative estimate of drug-likeness (QED) is 0.605. The highest BCUT2D eigenvalue weighted by molar-refractivity contribution is 5.96. The smallest absolute Gasteiger partial charge is 0.251 e. The number of rotatable bonds is 8. The van der Waals surface area contributed by atoms with E-state index in [1.165, 1.54) is 0 Å². The Bertz CT molecular complexity index is 1000. The molecule has 0 bridgehead atoms. The number of benzene rings is 2. The van der Waals surface area contributed by atoms with Gasteiger partial charge in [-0.2, -0.15) is 0 Å². The maximum absolute atomic E-state index is 12.2. The maximum Gasteiger partial charge on any atom is 0.251 e. The van der Waals surface area contributed by atoms with Crippen molar-refractivity contribution in [3.05, 3.63) is 94.8 Å². The van der Waals surface area contributed by atoms with Gasteiger partial charge in [-0.25, -0.2) is 0 Å². The van der Waals surface area contributed by atoms with Crippen LogP contribution < -0.4 is 15.4 Å². The minimum atomic E-state index is -0.261. The van der Waals surface area contributed by atoms with Crippen LogP contribution in [0.4, 0.5) is 0 Å². The first-order valence-corrected chi connectivity index (χ1v) is 9.74. The molecule has 1 heterocycles. The SMILES string of the molecule is Cc1ccc(C(=O)NCC(=O)NCc2ccc(OCc3cccnc3)cc2)cc1C. The van der Waals surface area contributed by atoms with Gasteiger partial charge in [-0.15, -0.1) is 0 Å². The van der Waals surface area contributed by atoms with Gasteiger partial charge in [0.25, 0.3) is 5.91 Å². The van der Waals surface area contributed by atoms with Crippen LogP contribution in [-0.2, 0) is 17.9 Å². The Labute approximate surface area is 176 Å². The summed E-state index contributed by atoms with van der Waals surface area (Å²) < 4.78 is 5.72. The first-order chi connectivity index (χ1) is 14.5. The number of hydrogen-bond acceptors (Lipinski definition) is 4. The van der Waals surface area contributed by atoms with Crippen molar-refractivity contribution < 1.29 is 14.3 Å². The summed E-state index contributed by atoms with van der Waals surface area (Å²) in [4.78, 5) is 28.3. The third-order valence-corrected chi connectivity index (χ3v) is 4.72. The Hall–Kier alpha value is -3.67. The lowest BCUT2D eigenvalue weighted by molar-refractivity contribution is -0.120. The number of amides is 2. The first-order valence-electron chi connectivity index (χ1n) is 9.74. The fraction of sp³-hybridized carbons (Fsp3) is 0.208. The second-order valence-electron chi connectivity index (χ2n) is 7.05. The molecule has 0 saturated heterocycles. The van der Waals surface area contributed by atoms with E-state index < -0.39 is 0 Å². The Kier molecular flexibility index (Phi) is 7.16. The van der Waals surface area contributed by atoms with Crippen LogP contribution in [0.25, 0.3) is 0 Å². The number of carbonyl (C=O) groups is 2. The number of nitrogens with zero attached hydrogens (tertiary/aromatic N) is 1. The molecular formula is C24H25N3O3. The van der Waals surface area contributed by atoms with Crippen molar-refractivity contribution in [1.82, 2.24) is 15.6 Å². The van der Waals surface area contributed by atoms with E-state index in [0.29, 0.717) is 18.7 Å². The molecule has 1 aromatic heterocycles. The largest absolute Gasteiger partial charge is 0.489 e. The van der Waals surface area contributed by atoms with E-state index in [4.69, 9.17) is 4.74 Å². The normalized spacial score (nSPS) is 10.3. The predicted octanol–water partition coefficient (Wildman–Crippen LogP) is 3.32. The standard InChI is InChI=1S/C24H25N3O3/c1-17-5-8-21(12-18(17)2)24(29)27-15-23(28)26-14-19-6-9-22(10-7-19)30-16-20-4-3-11-25-13-20/h3-13H,14-16H2,1-2H3,(H,26,28)(H,27,29). The first kappa shape index (κ1) is 21.0. The number of ether oxygens (including phenoxy) is 1. The molecule has 3 aromatic rings. The summed E-state index contributed by atoms with van der Waals surface area (Å²) in [5, 5.41) is 5.45. The van der Waals surface area contributed by atoms with Crippen LogP contribution in [0.2, 0.25) is 0 Å². The van der Waals surface area contributed by atoms with Gasteiger partial charge in [0, 0.05) is 30.1 Å². The molecule has 0 saturated carbocycles. The molecule has 30 heavy (non-hydrogen) atoms. The number of nitrogens with one attached hydrogen (secondary N) is 2. The van der Waals surface area contributed by atoms with Gasteiger partial charge < -0.3 is 15.4 Å². The van der Waals surface area contributed by atoms with Gasteiger partial charge in [-0.3, -0.25) is 14.6 Å². The zero-order valence-corrected chi connectivity index (χ0v) is 17.1. The molecule has 0 aliphatic rings. The topological polar surface area (TPSA) is 80.3 Å². The van der Waals surface area contributed by atoms with E-state index in [0.717, 1.165) is 28.0 Å². The number of aryl methyl sites for hydroxylation is 2. The van der Waals surface area contributed by atoms with E-state index >= 15 is 0 Å². The Balaban J connectivity index is 1.40. The van der Waals surface area contributed by atoms with Crippen LogP contribution >= 0.6 is 0 Å². The lowest BCUT2D eigenvalue weighted by atomic mass is 10.1. The number of aromatic nitrogens is 1. The summed E-state index contributed by atoms with van der Waals surface area (Å²) in [7, 11) is 0. The van der Waals surface area contributed by atoms with Crippen molar-refractivity contribution in [3.63, 3.8) is 0 Å². The summed E-state index contributed by atoms with van der Waals surface area (Å²) in [6, 6.07) is 16.8. The summed E-state index contributed by atoms with van der Waals surface area (Å²) in [6.45, 7) is 4.70. The molecule has 3 rings (SSSR count). The maximum atomic E-state index is 12.2. The Morgan fingerprint density at radius 3 is 2.43 bits per heavy atom. The highest BCUT2D eigenvalue weighted by atomic mass is 16.5. The molecule has 6 nitrogen and oxygen atoms in total. The van der Waals surface area contributed by atoms with Crippen molar-refractivity contribution >= 4 is 11.8 Å². The molecule has 6 heteroatoms. The van der Waals surface area contributed by atoms with Crippen LogP contribution in [0.1, 0.15) is 32.6 Å². The van der Waals surface area contributed by atoms with Crippen LogP contribution in [0, 0.1) is 13.8 Å². The summed E-state index contributed by atoms with van der Waals surface area (Å²) in [5.74, 6) is 0.238. The van der Waals surface area contributed by atoms with Crippen molar-refractivity contribution in [2.45, 2.75) is 27.0 Å². The molecule has 2 aromatic carbocycles. The van der Waals surface area contributed by atoms with E-state index in [9.17, 15) is 9.59 Å². The highest BCUT2D eigenvalue weighted by Crippen LogP contribution is 2.14. The van der Waals surface area contributed by atoms with E-state index in [1.54, 1.807) is 18.5 Å². The van der Waals surface area contributed by atoms with Crippen molar-refractivity contribution in [2.75, 3.05) is 6.54 Å². The van der Waals surface area contributed by atoms with Crippen molar-refractivity contribution in [3.8, 4) is 5.75 Å². The summed E-state index contributed by atoms with van der Waals surface area (Å²) >= 11 is 0. The average Bonchev–Trinajstić information content (AvgIpc) is 2.78. The molecule has 0 radical (unpaired) electrons. The lowest BCUT2D eigenvalue weighted by Crippen LogP contribution is -2.36. The van der Waals surface area contributed by atoms with E-state index in [2.05, 4.69) is 15.6 Å². The number of hydrogen-bond donors (Lipinski definition) is 2. The molecule has 0 unspecified atom stereocenters. The Morgan fingerprint density at radius 1 is 0.933 bits per heavy atom. The molecule has 0 aliphatic heterocycles. The molecule has 2 amide bonds. The van der Waals surface area contributed by atoms with Crippen LogP contribution in [0.5, 0.6) is 5.75 Å². The molecule has 0 atom stereocenters. The molecule has 0 aliphatic carbocycles. The molecule has 0 spiro atoms. The van der Waals surface area contributed by atoms with Gasteiger partial charge in [-0.1, -0.05) is 24.3 Å². The fourth-order valence-corrected chi connectivity index (χ4v) is 2.76. The molecule has 2 N–H and O–H groups in total. The Morgan fingerprint density at radius 2 is 1.73 bits per heavy atom. The minimum absolute atomic E-state index is 0.0714. The van der Waals surface area contributed by atoms with Gasteiger partial charge in [-0.05, 0) is 60.9 Å². The van der Waals surface area contributed by atoms with Gasteiger partial charge in [0.15, 0.2) is 0 Å². The highest BCUT2D eigenvalue weighted by Gasteiger charge is 2.09. The third-order valence-electron chi connectivity index (χ3n) is 4.72. The zero-order valence-electron chi connectivity index (χ0n) is 17.1. The minimum Gasteiger partial charge on any atom is -0.489 e. The van der Waals surface area contributed by atoms with E-state index in [1.807, 2.05) is 62.4 Å². The zero-order chi connectivity index (χ0) is 21.3. The predicted molar refractivity (Wildman–Crippen MR) is 115 cm³/mol. The third kappa shape index (κ3) is 6.17. The number of pyridine rings is 1. The second-order valence-corrected chi connectivity index (χ2v) is 7.05. The van der Waals surface area contributed by atoms with E-state index in [-0.39, 0.29) is 18.4 Å². The van der Waals surface area contributed by atoms with Crippen LogP contribution in [0.15, 0.2) is 67.0 Å². The van der Waals surface area contributed by atoms with Crippen LogP contribution in [-0.4, -0.2) is 23.3 Å². The van der Waals surface area contributed by atoms with Crippen LogP contribution in [0.3, 0.4) is 0 Å². The lowest BCUT2D eigenvalue weighted by Gasteiger charge is -2.09. The average molecular weight is 403 g/mol. The van der Waals surface area contributed by atoms with Crippen molar-refractivity contribution in [1.29, 1.82) is 0 Å². The second kappa shape index (κ2) is 10.2. The fourth-order valence-electron chi connectivity index (χ4n) is 2.76. The molecule has 0 fully saturated rings. The van der Waals surface area contributed by atoms with Gasteiger partial charge in [0.1, 0.15) is 12.4 Å². The van der Waals surface area contributed by atoms with Gasteiger partial charge >= 0.3 is 0 Å². The van der Waals surface area contributed by atoms with Gasteiger partial charge in [0.2, 0.25) is 5.91 Å². The summed E-state index contributed by atoms with van der Waals surface area (Å²) in [6.07, 6.45) is 3.49. The monoisotopic (exact) mass is 403 g/mol. The van der Waals surface area contributed by atoms with Crippen molar-refractivity contribution in [2.24, 2.45) is 0 Å². The molecule has 154 valence electrons.